The van der Waals surface area contributed by atoms with E-state index < -0.39 is 12.2 Å². The topological polar surface area (TPSA) is 70.7 Å². The Balaban J connectivity index is 1.52. The zero-order valence-corrected chi connectivity index (χ0v) is 13.5. The van der Waals surface area contributed by atoms with Crippen molar-refractivity contribution in [3.8, 4) is 0 Å². The molecule has 2 aromatic rings. The molecule has 0 radical (unpaired) electrons. The van der Waals surface area contributed by atoms with E-state index in [0.29, 0.717) is 22.9 Å². The molecule has 1 aliphatic rings. The molecule has 1 fully saturated rings. The Morgan fingerprint density at radius 1 is 1.21 bits per heavy atom. The smallest absolute Gasteiger partial charge is 0.414 e. The molecule has 3 amide bonds. The van der Waals surface area contributed by atoms with Crippen LogP contribution in [0.1, 0.15) is 0 Å². The molecule has 124 valence electrons. The summed E-state index contributed by atoms with van der Waals surface area (Å²) in [5.74, 6) is 0. The maximum Gasteiger partial charge on any atom is 0.414 e. The van der Waals surface area contributed by atoms with Gasteiger partial charge in [0.05, 0.1) is 13.1 Å². The predicted octanol–water partition coefficient (Wildman–Crippen LogP) is 3.49. The van der Waals surface area contributed by atoms with Gasteiger partial charge in [0.2, 0.25) is 0 Å². The van der Waals surface area contributed by atoms with Gasteiger partial charge in [-0.15, -0.1) is 0 Å². The highest BCUT2D eigenvalue weighted by molar-refractivity contribution is 6.30. The molecule has 0 aliphatic carbocycles. The van der Waals surface area contributed by atoms with Gasteiger partial charge in [-0.1, -0.05) is 35.9 Å². The van der Waals surface area contributed by atoms with Gasteiger partial charge in [0.1, 0.15) is 6.10 Å². The molecule has 1 heterocycles. The van der Waals surface area contributed by atoms with E-state index in [1.54, 1.807) is 36.4 Å². The van der Waals surface area contributed by atoms with Gasteiger partial charge in [-0.2, -0.15) is 0 Å². The van der Waals surface area contributed by atoms with Gasteiger partial charge in [0.15, 0.2) is 0 Å². The van der Waals surface area contributed by atoms with E-state index in [0.717, 1.165) is 0 Å². The summed E-state index contributed by atoms with van der Waals surface area (Å²) in [5, 5.41) is 5.95. The van der Waals surface area contributed by atoms with Crippen molar-refractivity contribution < 1.29 is 14.3 Å². The summed E-state index contributed by atoms with van der Waals surface area (Å²) < 4.78 is 5.27. The highest BCUT2D eigenvalue weighted by Gasteiger charge is 2.32. The number of para-hydroxylation sites is 1. The van der Waals surface area contributed by atoms with E-state index in [2.05, 4.69) is 10.6 Å². The van der Waals surface area contributed by atoms with Crippen LogP contribution in [0.2, 0.25) is 5.02 Å². The Morgan fingerprint density at radius 3 is 2.75 bits per heavy atom. The quantitative estimate of drug-likeness (QED) is 0.891. The Kier molecular flexibility index (Phi) is 4.86. The largest absolute Gasteiger partial charge is 0.442 e. The lowest BCUT2D eigenvalue weighted by Gasteiger charge is -2.13. The summed E-state index contributed by atoms with van der Waals surface area (Å²) >= 11 is 5.94. The molecule has 0 saturated carbocycles. The first-order chi connectivity index (χ1) is 11.6. The van der Waals surface area contributed by atoms with Gasteiger partial charge < -0.3 is 15.4 Å². The van der Waals surface area contributed by atoms with Crippen LogP contribution in [0.3, 0.4) is 0 Å². The normalized spacial score (nSPS) is 16.6. The molecule has 1 aliphatic heterocycles. The van der Waals surface area contributed by atoms with Crippen LogP contribution < -0.4 is 15.5 Å². The number of urea groups is 1. The lowest BCUT2D eigenvalue weighted by Crippen LogP contribution is -2.37. The monoisotopic (exact) mass is 345 g/mol. The number of cyclic esters (lactones) is 1. The van der Waals surface area contributed by atoms with E-state index in [4.69, 9.17) is 16.3 Å². The second kappa shape index (κ2) is 7.23. The van der Waals surface area contributed by atoms with Crippen molar-refractivity contribution >= 4 is 35.1 Å². The molecule has 3 rings (SSSR count). The number of hydrogen-bond donors (Lipinski definition) is 2. The third-order valence-electron chi connectivity index (χ3n) is 3.52. The summed E-state index contributed by atoms with van der Waals surface area (Å²) in [4.78, 5) is 25.3. The molecular weight excluding hydrogens is 330 g/mol. The number of hydrogen-bond acceptors (Lipinski definition) is 3. The van der Waals surface area contributed by atoms with Crippen molar-refractivity contribution in [1.82, 2.24) is 5.32 Å². The van der Waals surface area contributed by atoms with E-state index >= 15 is 0 Å². The molecule has 1 unspecified atom stereocenters. The number of carbonyl (C=O) groups is 2. The van der Waals surface area contributed by atoms with Crippen molar-refractivity contribution in [3.63, 3.8) is 0 Å². The van der Waals surface area contributed by atoms with E-state index in [-0.39, 0.29) is 12.6 Å². The van der Waals surface area contributed by atoms with Crippen molar-refractivity contribution in [2.75, 3.05) is 23.3 Å². The number of carbonyl (C=O) groups excluding carboxylic acids is 2. The molecule has 0 aromatic heterocycles. The van der Waals surface area contributed by atoms with Gasteiger partial charge in [-0.25, -0.2) is 9.59 Å². The molecule has 2 N–H and O–H groups in total. The van der Waals surface area contributed by atoms with Gasteiger partial charge in [-0.05, 0) is 30.3 Å². The van der Waals surface area contributed by atoms with Crippen LogP contribution in [0.25, 0.3) is 0 Å². The maximum atomic E-state index is 12.0. The van der Waals surface area contributed by atoms with Crippen molar-refractivity contribution in [3.05, 3.63) is 59.6 Å². The van der Waals surface area contributed by atoms with E-state index in [1.807, 2.05) is 18.2 Å². The van der Waals surface area contributed by atoms with Crippen LogP contribution in [0.4, 0.5) is 21.0 Å². The van der Waals surface area contributed by atoms with Crippen LogP contribution in [-0.4, -0.2) is 31.3 Å². The highest BCUT2D eigenvalue weighted by Crippen LogP contribution is 2.24. The van der Waals surface area contributed by atoms with Crippen LogP contribution >= 0.6 is 11.6 Å². The van der Waals surface area contributed by atoms with E-state index in [9.17, 15) is 9.59 Å². The van der Waals surface area contributed by atoms with Crippen LogP contribution in [0, 0.1) is 0 Å². The molecule has 1 saturated heterocycles. The third kappa shape index (κ3) is 3.97. The standard InChI is InChI=1S/C17H16ClN3O3/c18-12-5-4-8-14(9-12)21-11-15(24-17(21)23)10-19-16(22)20-13-6-2-1-3-7-13/h1-9,15H,10-11H2,(H2,19,20,22). The van der Waals surface area contributed by atoms with Crippen molar-refractivity contribution in [1.29, 1.82) is 0 Å². The first-order valence-electron chi connectivity index (χ1n) is 7.45. The Hall–Kier alpha value is -2.73. The minimum absolute atomic E-state index is 0.224. The minimum Gasteiger partial charge on any atom is -0.442 e. The van der Waals surface area contributed by atoms with E-state index in [1.165, 1.54) is 4.90 Å². The number of halogens is 1. The number of benzene rings is 2. The molecule has 0 spiro atoms. The maximum absolute atomic E-state index is 12.0. The molecule has 2 aromatic carbocycles. The average molecular weight is 346 g/mol. The number of amides is 3. The van der Waals surface area contributed by atoms with Crippen LogP contribution in [0.5, 0.6) is 0 Å². The molecule has 24 heavy (non-hydrogen) atoms. The fourth-order valence-corrected chi connectivity index (χ4v) is 2.57. The zero-order valence-electron chi connectivity index (χ0n) is 12.7. The second-order valence-electron chi connectivity index (χ2n) is 5.30. The van der Waals surface area contributed by atoms with Crippen LogP contribution in [0.15, 0.2) is 54.6 Å². The summed E-state index contributed by atoms with van der Waals surface area (Å²) in [6, 6.07) is 15.7. The molecule has 6 nitrogen and oxygen atoms in total. The summed E-state index contributed by atoms with van der Waals surface area (Å²) in [5.41, 5.74) is 1.36. The molecule has 7 heteroatoms. The minimum atomic E-state index is -0.451. The summed E-state index contributed by atoms with van der Waals surface area (Å²) in [7, 11) is 0. The Labute approximate surface area is 144 Å². The summed E-state index contributed by atoms with van der Waals surface area (Å²) in [6.07, 6.45) is -0.870. The Bertz CT molecular complexity index is 739. The lowest BCUT2D eigenvalue weighted by atomic mass is 10.2. The second-order valence-corrected chi connectivity index (χ2v) is 5.73. The number of nitrogens with zero attached hydrogens (tertiary/aromatic N) is 1. The fourth-order valence-electron chi connectivity index (χ4n) is 2.39. The van der Waals surface area contributed by atoms with Crippen molar-refractivity contribution in [2.24, 2.45) is 0 Å². The number of ether oxygens (including phenoxy) is 1. The third-order valence-corrected chi connectivity index (χ3v) is 3.75. The number of anilines is 2. The van der Waals surface area contributed by atoms with Gasteiger partial charge in [-0.3, -0.25) is 4.90 Å². The Morgan fingerprint density at radius 2 is 2.00 bits per heavy atom. The molecule has 0 bridgehead atoms. The first kappa shape index (κ1) is 16.1. The van der Waals surface area contributed by atoms with Crippen LogP contribution in [-0.2, 0) is 4.74 Å². The van der Waals surface area contributed by atoms with Gasteiger partial charge in [0.25, 0.3) is 0 Å². The average Bonchev–Trinajstić information content (AvgIpc) is 2.95. The predicted molar refractivity (Wildman–Crippen MR) is 92.5 cm³/mol. The van der Waals surface area contributed by atoms with Crippen molar-refractivity contribution in [2.45, 2.75) is 6.10 Å². The number of nitrogens with one attached hydrogen (secondary N) is 2. The lowest BCUT2D eigenvalue weighted by molar-refractivity contribution is 0.141. The number of rotatable bonds is 4. The zero-order chi connectivity index (χ0) is 16.9. The molecule has 1 atom stereocenters. The first-order valence-corrected chi connectivity index (χ1v) is 7.83. The molecular formula is C17H16ClN3O3. The van der Waals surface area contributed by atoms with Gasteiger partial charge in [0, 0.05) is 16.4 Å². The SMILES string of the molecule is O=C(NCC1CN(c2cccc(Cl)c2)C(=O)O1)Nc1ccccc1. The highest BCUT2D eigenvalue weighted by atomic mass is 35.5. The fraction of sp³-hybridized carbons (Fsp3) is 0.176. The summed E-state index contributed by atoms with van der Waals surface area (Å²) in [6.45, 7) is 0.576. The van der Waals surface area contributed by atoms with Gasteiger partial charge >= 0.3 is 12.1 Å².